The Hall–Kier alpha value is -1.51. The van der Waals surface area contributed by atoms with Gasteiger partial charge in [-0.2, -0.15) is 0 Å². The van der Waals surface area contributed by atoms with Crippen molar-refractivity contribution in [2.45, 2.75) is 45.6 Å². The summed E-state index contributed by atoms with van der Waals surface area (Å²) in [4.78, 5) is 11.2. The molecule has 0 radical (unpaired) electrons. The van der Waals surface area contributed by atoms with E-state index >= 15 is 0 Å². The number of benzene rings is 1. The SMILES string of the molecule is CCCC(CC)Nc1ccc(CC(=O)NC)cc1. The molecule has 1 unspecified atom stereocenters. The number of likely N-dealkylation sites (N-methyl/N-ethyl adjacent to an activating group) is 1. The predicted octanol–water partition coefficient (Wildman–Crippen LogP) is 2.97. The average Bonchev–Trinajstić information content (AvgIpc) is 2.40. The Morgan fingerprint density at radius 3 is 2.39 bits per heavy atom. The highest BCUT2D eigenvalue weighted by atomic mass is 16.1. The van der Waals surface area contributed by atoms with Crippen LogP contribution in [0.5, 0.6) is 0 Å². The van der Waals surface area contributed by atoms with Crippen molar-refractivity contribution in [1.82, 2.24) is 5.32 Å². The van der Waals surface area contributed by atoms with Gasteiger partial charge in [-0.3, -0.25) is 4.79 Å². The summed E-state index contributed by atoms with van der Waals surface area (Å²) in [5.41, 5.74) is 2.18. The van der Waals surface area contributed by atoms with E-state index in [0.29, 0.717) is 12.5 Å². The van der Waals surface area contributed by atoms with E-state index in [9.17, 15) is 4.79 Å². The van der Waals surface area contributed by atoms with Crippen molar-refractivity contribution in [3.05, 3.63) is 29.8 Å². The molecular weight excluding hydrogens is 224 g/mol. The molecule has 3 heteroatoms. The summed E-state index contributed by atoms with van der Waals surface area (Å²) in [5, 5.41) is 6.16. The maximum Gasteiger partial charge on any atom is 0.224 e. The largest absolute Gasteiger partial charge is 0.382 e. The zero-order valence-electron chi connectivity index (χ0n) is 11.6. The van der Waals surface area contributed by atoms with Gasteiger partial charge in [-0.15, -0.1) is 0 Å². The zero-order chi connectivity index (χ0) is 13.4. The van der Waals surface area contributed by atoms with Gasteiger partial charge in [-0.25, -0.2) is 0 Å². The summed E-state index contributed by atoms with van der Waals surface area (Å²) < 4.78 is 0. The summed E-state index contributed by atoms with van der Waals surface area (Å²) in [7, 11) is 1.66. The molecule has 0 saturated carbocycles. The van der Waals surface area contributed by atoms with Gasteiger partial charge in [-0.1, -0.05) is 32.4 Å². The first-order chi connectivity index (χ1) is 8.69. The van der Waals surface area contributed by atoms with Crippen molar-refractivity contribution in [2.75, 3.05) is 12.4 Å². The van der Waals surface area contributed by atoms with Crippen LogP contribution in [-0.2, 0) is 11.2 Å². The summed E-state index contributed by atoms with van der Waals surface area (Å²) >= 11 is 0. The summed E-state index contributed by atoms with van der Waals surface area (Å²) in [5.74, 6) is 0.0492. The van der Waals surface area contributed by atoms with Crippen molar-refractivity contribution in [3.8, 4) is 0 Å². The summed E-state index contributed by atoms with van der Waals surface area (Å²) in [6, 6.07) is 8.67. The lowest BCUT2D eigenvalue weighted by Gasteiger charge is -2.17. The van der Waals surface area contributed by atoms with Gasteiger partial charge in [0.25, 0.3) is 0 Å². The van der Waals surface area contributed by atoms with E-state index in [0.717, 1.165) is 17.7 Å². The van der Waals surface area contributed by atoms with E-state index in [1.165, 1.54) is 12.8 Å². The van der Waals surface area contributed by atoms with Crippen LogP contribution in [0.3, 0.4) is 0 Å². The minimum Gasteiger partial charge on any atom is -0.382 e. The normalized spacial score (nSPS) is 11.9. The number of carbonyl (C=O) groups excluding carboxylic acids is 1. The molecule has 18 heavy (non-hydrogen) atoms. The second-order valence-electron chi connectivity index (χ2n) is 4.59. The van der Waals surface area contributed by atoms with Crippen LogP contribution in [0.4, 0.5) is 5.69 Å². The Bertz CT molecular complexity index is 359. The van der Waals surface area contributed by atoms with E-state index in [1.54, 1.807) is 7.05 Å². The van der Waals surface area contributed by atoms with Crippen molar-refractivity contribution >= 4 is 11.6 Å². The molecule has 100 valence electrons. The Balaban J connectivity index is 2.56. The molecule has 0 heterocycles. The maximum atomic E-state index is 11.2. The smallest absolute Gasteiger partial charge is 0.224 e. The first-order valence-corrected chi connectivity index (χ1v) is 6.75. The number of anilines is 1. The van der Waals surface area contributed by atoms with Crippen molar-refractivity contribution in [2.24, 2.45) is 0 Å². The van der Waals surface area contributed by atoms with Gasteiger partial charge in [-0.05, 0) is 30.5 Å². The van der Waals surface area contributed by atoms with Crippen molar-refractivity contribution in [1.29, 1.82) is 0 Å². The third-order valence-corrected chi connectivity index (χ3v) is 3.10. The van der Waals surface area contributed by atoms with Crippen LogP contribution in [0.1, 0.15) is 38.7 Å². The molecule has 1 atom stereocenters. The second-order valence-corrected chi connectivity index (χ2v) is 4.59. The van der Waals surface area contributed by atoms with Crippen LogP contribution in [0, 0.1) is 0 Å². The van der Waals surface area contributed by atoms with Gasteiger partial charge in [0.05, 0.1) is 6.42 Å². The first-order valence-electron chi connectivity index (χ1n) is 6.75. The number of amides is 1. The summed E-state index contributed by atoms with van der Waals surface area (Å²) in [6.07, 6.45) is 3.97. The lowest BCUT2D eigenvalue weighted by atomic mass is 10.1. The number of hydrogen-bond donors (Lipinski definition) is 2. The van der Waals surface area contributed by atoms with Crippen molar-refractivity contribution < 1.29 is 4.79 Å². The third kappa shape index (κ3) is 4.78. The van der Waals surface area contributed by atoms with Crippen LogP contribution in [0.15, 0.2) is 24.3 Å². The molecule has 0 aromatic heterocycles. The van der Waals surface area contributed by atoms with E-state index in [2.05, 4.69) is 36.6 Å². The number of nitrogens with one attached hydrogen (secondary N) is 2. The predicted molar refractivity (Wildman–Crippen MR) is 76.8 cm³/mol. The molecule has 0 spiro atoms. The van der Waals surface area contributed by atoms with Crippen LogP contribution in [-0.4, -0.2) is 19.0 Å². The molecule has 1 rings (SSSR count). The summed E-state index contributed by atoms with van der Waals surface area (Å²) in [6.45, 7) is 4.41. The fourth-order valence-corrected chi connectivity index (χ4v) is 1.96. The fourth-order valence-electron chi connectivity index (χ4n) is 1.96. The van der Waals surface area contributed by atoms with E-state index in [4.69, 9.17) is 0 Å². The molecule has 0 bridgehead atoms. The highest BCUT2D eigenvalue weighted by molar-refractivity contribution is 5.78. The Labute approximate surface area is 110 Å². The van der Waals surface area contributed by atoms with Gasteiger partial charge in [0.15, 0.2) is 0 Å². The maximum absolute atomic E-state index is 11.2. The number of carbonyl (C=O) groups is 1. The molecule has 0 fully saturated rings. The zero-order valence-corrected chi connectivity index (χ0v) is 11.6. The number of hydrogen-bond acceptors (Lipinski definition) is 2. The Morgan fingerprint density at radius 1 is 1.22 bits per heavy atom. The molecular formula is C15H24N2O. The van der Waals surface area contributed by atoms with E-state index in [1.807, 2.05) is 12.1 Å². The van der Waals surface area contributed by atoms with Crippen molar-refractivity contribution in [3.63, 3.8) is 0 Å². The average molecular weight is 248 g/mol. The Kier molecular flexibility index (Phi) is 6.26. The molecule has 1 aromatic rings. The molecule has 1 aromatic carbocycles. The standard InChI is InChI=1S/C15H24N2O/c1-4-6-13(5-2)17-14-9-7-12(8-10-14)11-15(18)16-3/h7-10,13,17H,4-6,11H2,1-3H3,(H,16,18). The lowest BCUT2D eigenvalue weighted by Crippen LogP contribution is -2.20. The Morgan fingerprint density at radius 2 is 1.89 bits per heavy atom. The van der Waals surface area contributed by atoms with Crippen LogP contribution >= 0.6 is 0 Å². The molecule has 0 aliphatic heterocycles. The van der Waals surface area contributed by atoms with Crippen LogP contribution < -0.4 is 10.6 Å². The monoisotopic (exact) mass is 248 g/mol. The van der Waals surface area contributed by atoms with E-state index in [-0.39, 0.29) is 5.91 Å². The highest BCUT2D eigenvalue weighted by Crippen LogP contribution is 2.14. The van der Waals surface area contributed by atoms with E-state index < -0.39 is 0 Å². The molecule has 1 amide bonds. The lowest BCUT2D eigenvalue weighted by molar-refractivity contribution is -0.119. The van der Waals surface area contributed by atoms with Crippen LogP contribution in [0.25, 0.3) is 0 Å². The quantitative estimate of drug-likeness (QED) is 0.779. The highest BCUT2D eigenvalue weighted by Gasteiger charge is 2.05. The minimum atomic E-state index is 0.0492. The molecule has 2 N–H and O–H groups in total. The second kappa shape index (κ2) is 7.75. The van der Waals surface area contributed by atoms with Gasteiger partial charge in [0, 0.05) is 18.8 Å². The third-order valence-electron chi connectivity index (χ3n) is 3.10. The topological polar surface area (TPSA) is 41.1 Å². The molecule has 0 saturated heterocycles. The fraction of sp³-hybridized carbons (Fsp3) is 0.533. The van der Waals surface area contributed by atoms with Gasteiger partial charge >= 0.3 is 0 Å². The number of rotatable bonds is 7. The first kappa shape index (κ1) is 14.6. The van der Waals surface area contributed by atoms with Gasteiger partial charge < -0.3 is 10.6 Å². The molecule has 0 aliphatic rings. The van der Waals surface area contributed by atoms with Crippen LogP contribution in [0.2, 0.25) is 0 Å². The van der Waals surface area contributed by atoms with Gasteiger partial charge in [0.2, 0.25) is 5.91 Å². The van der Waals surface area contributed by atoms with Gasteiger partial charge in [0.1, 0.15) is 0 Å². The minimum absolute atomic E-state index is 0.0492. The molecule has 3 nitrogen and oxygen atoms in total. The molecule has 0 aliphatic carbocycles.